The maximum Gasteiger partial charge on any atom is 0.123 e. The van der Waals surface area contributed by atoms with E-state index < -0.39 is 0 Å². The highest BCUT2D eigenvalue weighted by Gasteiger charge is 2.21. The van der Waals surface area contributed by atoms with Gasteiger partial charge in [-0.15, -0.1) is 0 Å². The first-order chi connectivity index (χ1) is 17.7. The Hall–Kier alpha value is -3.21. The molecule has 0 amide bonds. The van der Waals surface area contributed by atoms with E-state index in [0.29, 0.717) is 32.0 Å². The van der Waals surface area contributed by atoms with Gasteiger partial charge in [-0.3, -0.25) is 0 Å². The third-order valence-corrected chi connectivity index (χ3v) is 6.67. The van der Waals surface area contributed by atoms with Gasteiger partial charge in [-0.1, -0.05) is 91.0 Å². The lowest BCUT2D eigenvalue weighted by molar-refractivity contribution is -0.0873. The highest BCUT2D eigenvalue weighted by atomic mass is 79.9. The lowest BCUT2D eigenvalue weighted by atomic mass is 10.1. The van der Waals surface area contributed by atoms with Crippen LogP contribution in [0.25, 0.3) is 11.3 Å². The molecule has 4 aromatic rings. The summed E-state index contributed by atoms with van der Waals surface area (Å²) in [7, 11) is 0. The third-order valence-electron chi connectivity index (χ3n) is 5.89. The first kappa shape index (κ1) is 25.9. The zero-order valence-electron chi connectivity index (χ0n) is 20.3. The first-order valence-corrected chi connectivity index (χ1v) is 12.7. The van der Waals surface area contributed by atoms with Gasteiger partial charge in [0.15, 0.2) is 0 Å². The molecule has 1 heterocycles. The number of nitrogens with zero attached hydrogens (tertiary/aromatic N) is 2. The molecule has 6 heteroatoms. The molecule has 5 nitrogen and oxygen atoms in total. The monoisotopic (exact) mass is 544 g/mol. The van der Waals surface area contributed by atoms with Crippen molar-refractivity contribution in [2.45, 2.75) is 33.0 Å². The Kier molecular flexibility index (Phi) is 9.48. The lowest BCUT2D eigenvalue weighted by Gasteiger charge is -2.21. The Morgan fingerprint density at radius 2 is 1.31 bits per heavy atom. The van der Waals surface area contributed by atoms with E-state index in [1.807, 2.05) is 102 Å². The normalized spacial score (nSPS) is 11.1. The van der Waals surface area contributed by atoms with Crippen molar-refractivity contribution >= 4 is 15.9 Å². The van der Waals surface area contributed by atoms with Crippen LogP contribution in [0.4, 0.5) is 0 Å². The van der Waals surface area contributed by atoms with E-state index >= 15 is 0 Å². The van der Waals surface area contributed by atoms with Crippen LogP contribution in [-0.2, 0) is 34.2 Å². The summed E-state index contributed by atoms with van der Waals surface area (Å²) in [6.07, 6.45) is -0.285. The van der Waals surface area contributed by atoms with E-state index in [0.717, 1.165) is 32.6 Å². The van der Waals surface area contributed by atoms with Crippen molar-refractivity contribution in [3.8, 4) is 17.3 Å². The third kappa shape index (κ3) is 6.71. The Morgan fingerprint density at radius 1 is 0.806 bits per heavy atom. The molecule has 184 valence electrons. The summed E-state index contributed by atoms with van der Waals surface area (Å²) in [5.41, 5.74) is 5.59. The van der Waals surface area contributed by atoms with Crippen LogP contribution in [0, 0.1) is 18.3 Å². The highest BCUT2D eigenvalue weighted by Crippen LogP contribution is 2.35. The Morgan fingerprint density at radius 3 is 1.81 bits per heavy atom. The molecule has 0 saturated heterocycles. The summed E-state index contributed by atoms with van der Waals surface area (Å²) >= 11 is 3.64. The molecule has 0 N–H and O–H groups in total. The SMILES string of the molecule is Cc1c(C#N)c(Br)c(-c2ccccc2)n1COC(COCc1ccccc1)COCc1ccccc1. The molecule has 0 atom stereocenters. The molecule has 0 aliphatic heterocycles. The fourth-order valence-corrected chi connectivity index (χ4v) is 4.78. The Labute approximate surface area is 221 Å². The largest absolute Gasteiger partial charge is 0.374 e. The molecule has 0 radical (unpaired) electrons. The standard InChI is InChI=1S/C30H29BrN2O3/c1-23-28(17-32)29(31)30(26-15-9-4-10-16-26)33(23)22-36-27(20-34-18-24-11-5-2-6-12-24)21-35-19-25-13-7-3-8-14-25/h2-16,27H,18-22H2,1H3. The van der Waals surface area contributed by atoms with Gasteiger partial charge in [0.2, 0.25) is 0 Å². The van der Waals surface area contributed by atoms with Crippen LogP contribution in [0.15, 0.2) is 95.5 Å². The van der Waals surface area contributed by atoms with E-state index in [1.54, 1.807) is 0 Å². The molecule has 4 rings (SSSR count). The minimum Gasteiger partial charge on any atom is -0.374 e. The number of hydrogen-bond donors (Lipinski definition) is 0. The summed E-state index contributed by atoms with van der Waals surface area (Å²) < 4.78 is 21.1. The molecule has 1 aromatic heterocycles. The topological polar surface area (TPSA) is 56.4 Å². The van der Waals surface area contributed by atoms with Gasteiger partial charge in [0.1, 0.15) is 18.9 Å². The zero-order chi connectivity index (χ0) is 25.2. The van der Waals surface area contributed by atoms with E-state index in [1.165, 1.54) is 0 Å². The Bertz CT molecular complexity index is 1220. The quantitative estimate of drug-likeness (QED) is 0.195. The van der Waals surface area contributed by atoms with Crippen molar-refractivity contribution in [3.05, 3.63) is 118 Å². The maximum atomic E-state index is 9.74. The van der Waals surface area contributed by atoms with Crippen molar-refractivity contribution in [2.75, 3.05) is 13.2 Å². The van der Waals surface area contributed by atoms with Gasteiger partial charge < -0.3 is 18.8 Å². The molecule has 0 spiro atoms. The van der Waals surface area contributed by atoms with E-state index in [4.69, 9.17) is 14.2 Å². The zero-order valence-corrected chi connectivity index (χ0v) is 21.9. The van der Waals surface area contributed by atoms with Gasteiger partial charge in [-0.25, -0.2) is 0 Å². The van der Waals surface area contributed by atoms with Crippen LogP contribution >= 0.6 is 15.9 Å². The van der Waals surface area contributed by atoms with Crippen molar-refractivity contribution in [2.24, 2.45) is 0 Å². The number of aromatic nitrogens is 1. The summed E-state index contributed by atoms with van der Waals surface area (Å²) in [4.78, 5) is 0. The summed E-state index contributed by atoms with van der Waals surface area (Å²) in [6, 6.07) is 32.5. The molecule has 0 fully saturated rings. The summed E-state index contributed by atoms with van der Waals surface area (Å²) in [5, 5.41) is 9.74. The van der Waals surface area contributed by atoms with Crippen LogP contribution in [0.3, 0.4) is 0 Å². The molecule has 0 bridgehead atoms. The fourth-order valence-electron chi connectivity index (χ4n) is 3.96. The molecule has 0 aliphatic carbocycles. The average Bonchev–Trinajstić information content (AvgIpc) is 3.16. The summed E-state index contributed by atoms with van der Waals surface area (Å²) in [6.45, 7) is 3.98. The molecule has 0 saturated carbocycles. The smallest absolute Gasteiger partial charge is 0.123 e. The van der Waals surface area contributed by atoms with Crippen molar-refractivity contribution in [1.82, 2.24) is 4.57 Å². The van der Waals surface area contributed by atoms with E-state index in [-0.39, 0.29) is 12.8 Å². The second kappa shape index (κ2) is 13.2. The van der Waals surface area contributed by atoms with E-state index in [2.05, 4.69) is 22.0 Å². The van der Waals surface area contributed by atoms with Crippen molar-refractivity contribution in [3.63, 3.8) is 0 Å². The average molecular weight is 545 g/mol. The number of benzene rings is 3. The van der Waals surface area contributed by atoms with Gasteiger partial charge in [-0.2, -0.15) is 5.26 Å². The van der Waals surface area contributed by atoms with Gasteiger partial charge in [0.05, 0.1) is 42.2 Å². The predicted octanol–water partition coefficient (Wildman–Crippen LogP) is 6.87. The highest BCUT2D eigenvalue weighted by molar-refractivity contribution is 9.10. The van der Waals surface area contributed by atoms with Gasteiger partial charge in [0, 0.05) is 5.69 Å². The van der Waals surface area contributed by atoms with E-state index in [9.17, 15) is 5.26 Å². The number of nitriles is 1. The van der Waals surface area contributed by atoms with Crippen molar-refractivity contribution in [1.29, 1.82) is 5.26 Å². The number of halogens is 1. The minimum absolute atomic E-state index is 0.268. The van der Waals surface area contributed by atoms with Crippen LogP contribution in [0.1, 0.15) is 22.4 Å². The van der Waals surface area contributed by atoms with Gasteiger partial charge in [-0.05, 0) is 39.5 Å². The molecular weight excluding hydrogens is 516 g/mol. The van der Waals surface area contributed by atoms with Crippen LogP contribution < -0.4 is 0 Å². The molecule has 0 unspecified atom stereocenters. The first-order valence-electron chi connectivity index (χ1n) is 11.9. The predicted molar refractivity (Wildman–Crippen MR) is 144 cm³/mol. The minimum atomic E-state index is -0.285. The fraction of sp³-hybridized carbons (Fsp3) is 0.233. The number of rotatable bonds is 12. The van der Waals surface area contributed by atoms with Gasteiger partial charge >= 0.3 is 0 Å². The lowest BCUT2D eigenvalue weighted by Crippen LogP contribution is -2.27. The maximum absolute atomic E-state index is 9.74. The number of ether oxygens (including phenoxy) is 3. The Balaban J connectivity index is 1.47. The second-order valence-electron chi connectivity index (χ2n) is 8.45. The number of hydrogen-bond acceptors (Lipinski definition) is 4. The molecule has 0 aliphatic rings. The molecule has 36 heavy (non-hydrogen) atoms. The second-order valence-corrected chi connectivity index (χ2v) is 9.24. The molecule has 3 aromatic carbocycles. The molecular formula is C30H29BrN2O3. The van der Waals surface area contributed by atoms with Crippen LogP contribution in [0.2, 0.25) is 0 Å². The van der Waals surface area contributed by atoms with Crippen LogP contribution in [0.5, 0.6) is 0 Å². The van der Waals surface area contributed by atoms with Crippen molar-refractivity contribution < 1.29 is 14.2 Å². The van der Waals surface area contributed by atoms with Crippen LogP contribution in [-0.4, -0.2) is 23.9 Å². The summed E-state index contributed by atoms with van der Waals surface area (Å²) in [5.74, 6) is 0. The van der Waals surface area contributed by atoms with Gasteiger partial charge in [0.25, 0.3) is 0 Å².